The van der Waals surface area contributed by atoms with Gasteiger partial charge in [0.05, 0.1) is 11.7 Å². The van der Waals surface area contributed by atoms with Crippen molar-refractivity contribution >= 4 is 43.2 Å². The first-order valence-corrected chi connectivity index (χ1v) is 7.07. The number of benzene rings is 4. The van der Waals surface area contributed by atoms with Crippen LogP contribution in [0.5, 0.6) is 0 Å². The molecule has 0 unspecified atom stereocenters. The molecule has 0 aliphatic heterocycles. The molecule has 0 saturated heterocycles. The molecule has 0 amide bonds. The Morgan fingerprint density at radius 1 is 0.619 bits per heavy atom. The molecule has 2 nitrogen and oxygen atoms in total. The Balaban J connectivity index is 2.04. The zero-order valence-corrected chi connectivity index (χ0v) is 11.3. The van der Waals surface area contributed by atoms with Gasteiger partial charge in [-0.25, -0.2) is 0 Å². The highest BCUT2D eigenvalue weighted by molar-refractivity contribution is 6.18. The number of aromatic amines is 1. The summed E-state index contributed by atoms with van der Waals surface area (Å²) in [6.45, 7) is 0. The van der Waals surface area contributed by atoms with Gasteiger partial charge in [-0.3, -0.25) is 5.10 Å². The largest absolute Gasteiger partial charge is 0.277 e. The van der Waals surface area contributed by atoms with Gasteiger partial charge in [0.25, 0.3) is 0 Å². The molecule has 1 aromatic heterocycles. The monoisotopic (exact) mass is 268 g/mol. The van der Waals surface area contributed by atoms with E-state index >= 15 is 0 Å². The van der Waals surface area contributed by atoms with Gasteiger partial charge >= 0.3 is 0 Å². The molecule has 98 valence electrons. The predicted molar refractivity (Wildman–Crippen MR) is 88.6 cm³/mol. The van der Waals surface area contributed by atoms with Crippen molar-refractivity contribution in [2.75, 3.05) is 0 Å². The molecule has 0 saturated carbocycles. The van der Waals surface area contributed by atoms with Crippen molar-refractivity contribution in [3.8, 4) is 0 Å². The van der Waals surface area contributed by atoms with E-state index in [-0.39, 0.29) is 0 Å². The number of rotatable bonds is 0. The van der Waals surface area contributed by atoms with E-state index in [1.165, 1.54) is 32.3 Å². The molecule has 1 heterocycles. The van der Waals surface area contributed by atoms with Crippen LogP contribution >= 0.6 is 0 Å². The SMILES string of the molecule is c1ccc2cc3c(ccc4c3ccc3cn[nH]c34)cc2c1. The zero-order valence-electron chi connectivity index (χ0n) is 11.3. The lowest BCUT2D eigenvalue weighted by molar-refractivity contribution is 1.12. The summed E-state index contributed by atoms with van der Waals surface area (Å²) in [4.78, 5) is 0. The summed E-state index contributed by atoms with van der Waals surface area (Å²) >= 11 is 0. The van der Waals surface area contributed by atoms with Gasteiger partial charge in [-0.15, -0.1) is 0 Å². The Labute approximate surface area is 121 Å². The first kappa shape index (κ1) is 10.9. The van der Waals surface area contributed by atoms with Crippen LogP contribution in [0.1, 0.15) is 0 Å². The molecule has 0 spiro atoms. The summed E-state index contributed by atoms with van der Waals surface area (Å²) in [6.07, 6.45) is 1.87. The van der Waals surface area contributed by atoms with Crippen LogP contribution in [0.25, 0.3) is 43.2 Å². The number of H-pyrrole nitrogens is 1. The second-order valence-corrected chi connectivity index (χ2v) is 5.48. The molecule has 5 rings (SSSR count). The maximum absolute atomic E-state index is 4.16. The second-order valence-electron chi connectivity index (χ2n) is 5.48. The summed E-state index contributed by atoms with van der Waals surface area (Å²) in [5.74, 6) is 0. The molecule has 5 aromatic rings. The molecule has 0 aliphatic carbocycles. The lowest BCUT2D eigenvalue weighted by Gasteiger charge is -2.07. The lowest BCUT2D eigenvalue weighted by atomic mass is 9.97. The van der Waals surface area contributed by atoms with Gasteiger partial charge in [-0.05, 0) is 39.1 Å². The minimum absolute atomic E-state index is 1.11. The topological polar surface area (TPSA) is 28.7 Å². The van der Waals surface area contributed by atoms with Crippen LogP contribution in [-0.4, -0.2) is 10.2 Å². The summed E-state index contributed by atoms with van der Waals surface area (Å²) in [5, 5.41) is 16.1. The maximum Gasteiger partial charge on any atom is 0.0728 e. The number of nitrogens with one attached hydrogen (secondary N) is 1. The average Bonchev–Trinajstić information content (AvgIpc) is 3.01. The molecule has 4 aromatic carbocycles. The van der Waals surface area contributed by atoms with Crippen LogP contribution in [-0.2, 0) is 0 Å². The van der Waals surface area contributed by atoms with E-state index in [2.05, 4.69) is 70.9 Å². The van der Waals surface area contributed by atoms with Crippen LogP contribution in [0.4, 0.5) is 0 Å². The van der Waals surface area contributed by atoms with E-state index in [0.717, 1.165) is 10.9 Å². The molecule has 0 atom stereocenters. The summed E-state index contributed by atoms with van der Waals surface area (Å²) in [6, 6.07) is 21.8. The highest BCUT2D eigenvalue weighted by atomic mass is 15.1. The smallest absolute Gasteiger partial charge is 0.0728 e. The number of fused-ring (bicyclic) bond motifs is 6. The molecule has 2 heteroatoms. The highest BCUT2D eigenvalue weighted by Crippen LogP contribution is 2.32. The third-order valence-corrected chi connectivity index (χ3v) is 4.30. The Morgan fingerprint density at radius 3 is 2.29 bits per heavy atom. The summed E-state index contributed by atoms with van der Waals surface area (Å²) in [7, 11) is 0. The lowest BCUT2D eigenvalue weighted by Crippen LogP contribution is -1.81. The third kappa shape index (κ3) is 1.44. The predicted octanol–water partition coefficient (Wildman–Crippen LogP) is 5.02. The summed E-state index contributed by atoms with van der Waals surface area (Å²) in [5.41, 5.74) is 1.11. The van der Waals surface area contributed by atoms with Crippen molar-refractivity contribution in [2.24, 2.45) is 0 Å². The molecule has 0 fully saturated rings. The molecular formula is C19H12N2. The van der Waals surface area contributed by atoms with Crippen molar-refractivity contribution < 1.29 is 0 Å². The normalized spacial score (nSPS) is 11.8. The molecule has 0 radical (unpaired) electrons. The zero-order chi connectivity index (χ0) is 13.8. The standard InChI is InChI=1S/C19H12N2/c1-2-4-13-10-18-14(9-12(13)3-1)5-8-17-16(18)7-6-15-11-20-21-19(15)17/h1-11H,(H,20,21). The van der Waals surface area contributed by atoms with Gasteiger partial charge in [0, 0.05) is 10.8 Å². The minimum atomic E-state index is 1.11. The quantitative estimate of drug-likeness (QED) is 0.310. The van der Waals surface area contributed by atoms with Crippen molar-refractivity contribution in [3.63, 3.8) is 0 Å². The van der Waals surface area contributed by atoms with Gasteiger partial charge in [0.15, 0.2) is 0 Å². The van der Waals surface area contributed by atoms with Crippen molar-refractivity contribution in [3.05, 3.63) is 66.9 Å². The van der Waals surface area contributed by atoms with Gasteiger partial charge in [-0.2, -0.15) is 5.10 Å². The fraction of sp³-hybridized carbons (Fsp3) is 0. The number of aromatic nitrogens is 2. The Bertz CT molecular complexity index is 1140. The second kappa shape index (κ2) is 3.83. The van der Waals surface area contributed by atoms with Crippen LogP contribution in [0, 0.1) is 0 Å². The van der Waals surface area contributed by atoms with E-state index in [1.807, 2.05) is 6.20 Å². The first-order chi connectivity index (χ1) is 10.4. The van der Waals surface area contributed by atoms with E-state index in [0.29, 0.717) is 0 Å². The van der Waals surface area contributed by atoms with E-state index < -0.39 is 0 Å². The van der Waals surface area contributed by atoms with Crippen LogP contribution < -0.4 is 0 Å². The van der Waals surface area contributed by atoms with Gasteiger partial charge < -0.3 is 0 Å². The number of hydrogen-bond donors (Lipinski definition) is 1. The fourth-order valence-corrected chi connectivity index (χ4v) is 3.25. The van der Waals surface area contributed by atoms with Crippen molar-refractivity contribution in [1.29, 1.82) is 0 Å². The van der Waals surface area contributed by atoms with E-state index in [9.17, 15) is 0 Å². The first-order valence-electron chi connectivity index (χ1n) is 7.07. The van der Waals surface area contributed by atoms with Gasteiger partial charge in [0.2, 0.25) is 0 Å². The van der Waals surface area contributed by atoms with Crippen LogP contribution in [0.3, 0.4) is 0 Å². The maximum atomic E-state index is 4.16. The highest BCUT2D eigenvalue weighted by Gasteiger charge is 2.06. The van der Waals surface area contributed by atoms with Crippen LogP contribution in [0.2, 0.25) is 0 Å². The summed E-state index contributed by atoms with van der Waals surface area (Å²) < 4.78 is 0. The minimum Gasteiger partial charge on any atom is -0.277 e. The number of hydrogen-bond acceptors (Lipinski definition) is 1. The average molecular weight is 268 g/mol. The van der Waals surface area contributed by atoms with E-state index in [1.54, 1.807) is 0 Å². The van der Waals surface area contributed by atoms with Crippen molar-refractivity contribution in [2.45, 2.75) is 0 Å². The van der Waals surface area contributed by atoms with Gasteiger partial charge in [-0.1, -0.05) is 48.5 Å². The fourth-order valence-electron chi connectivity index (χ4n) is 3.25. The van der Waals surface area contributed by atoms with Gasteiger partial charge in [0.1, 0.15) is 0 Å². The molecule has 21 heavy (non-hydrogen) atoms. The molecule has 0 bridgehead atoms. The van der Waals surface area contributed by atoms with Crippen LogP contribution in [0.15, 0.2) is 66.9 Å². The Morgan fingerprint density at radius 2 is 1.38 bits per heavy atom. The number of nitrogens with zero attached hydrogens (tertiary/aromatic N) is 1. The molecule has 0 aliphatic rings. The Kier molecular flexibility index (Phi) is 1.98. The molecular weight excluding hydrogens is 256 g/mol. The Hall–Kier alpha value is -2.87. The third-order valence-electron chi connectivity index (χ3n) is 4.30. The van der Waals surface area contributed by atoms with Crippen molar-refractivity contribution in [1.82, 2.24) is 10.2 Å². The van der Waals surface area contributed by atoms with E-state index in [4.69, 9.17) is 0 Å². The molecule has 1 N–H and O–H groups in total.